The summed E-state index contributed by atoms with van der Waals surface area (Å²) in [5.41, 5.74) is 1.06. The van der Waals surface area contributed by atoms with E-state index in [4.69, 9.17) is 0 Å². The summed E-state index contributed by atoms with van der Waals surface area (Å²) < 4.78 is 0. The number of nitro groups is 1. The van der Waals surface area contributed by atoms with E-state index in [-0.39, 0.29) is 17.1 Å². The zero-order chi connectivity index (χ0) is 19.2. The minimum absolute atomic E-state index is 0.0262. The number of benzene rings is 1. The highest BCUT2D eigenvalue weighted by Gasteiger charge is 2.16. The van der Waals surface area contributed by atoms with Crippen molar-refractivity contribution >= 4 is 40.4 Å². The lowest BCUT2D eigenvalue weighted by Gasteiger charge is -2.07. The Bertz CT molecular complexity index is 1030. The van der Waals surface area contributed by atoms with Crippen LogP contribution in [0, 0.1) is 21.4 Å². The largest absolute Gasteiger partial charge is 0.320 e. The van der Waals surface area contributed by atoms with Crippen LogP contribution in [0.5, 0.6) is 0 Å². The van der Waals surface area contributed by atoms with E-state index >= 15 is 0 Å². The maximum Gasteiger partial charge on any atom is 0.292 e. The number of nitriles is 1. The second kappa shape index (κ2) is 8.44. The number of carbonyl (C=O) groups is 1. The third kappa shape index (κ3) is 4.49. The van der Waals surface area contributed by atoms with Crippen molar-refractivity contribution in [3.05, 3.63) is 69.6 Å². The molecule has 134 valence electrons. The molecule has 3 aromatic rings. The molecule has 0 aliphatic heterocycles. The van der Waals surface area contributed by atoms with Crippen molar-refractivity contribution in [2.24, 2.45) is 0 Å². The monoisotopic (exact) mass is 396 g/mol. The second-order valence-electron chi connectivity index (χ2n) is 5.25. The van der Waals surface area contributed by atoms with Crippen LogP contribution in [0.2, 0.25) is 0 Å². The van der Waals surface area contributed by atoms with Crippen LogP contribution in [0.25, 0.3) is 10.6 Å². The molecular weight excluding hydrogens is 384 g/mol. The van der Waals surface area contributed by atoms with Gasteiger partial charge >= 0.3 is 0 Å². The number of thiophene rings is 1. The summed E-state index contributed by atoms with van der Waals surface area (Å²) in [6, 6.07) is 15.3. The first-order valence-corrected chi connectivity index (χ1v) is 9.56. The van der Waals surface area contributed by atoms with Crippen LogP contribution in [-0.4, -0.2) is 21.6 Å². The Hall–Kier alpha value is -3.22. The van der Waals surface area contributed by atoms with Gasteiger partial charge in [-0.05, 0) is 29.6 Å². The number of anilines is 1. The highest BCUT2D eigenvalue weighted by atomic mass is 32.2. The van der Waals surface area contributed by atoms with E-state index in [9.17, 15) is 20.2 Å². The normalized spacial score (nSPS) is 10.2. The molecule has 0 spiro atoms. The first kappa shape index (κ1) is 18.6. The lowest BCUT2D eigenvalue weighted by Crippen LogP contribution is -2.15. The number of carbonyl (C=O) groups excluding carboxylic acids is 1. The van der Waals surface area contributed by atoms with Crippen molar-refractivity contribution in [1.82, 2.24) is 4.98 Å². The number of para-hydroxylation sites is 2. The summed E-state index contributed by atoms with van der Waals surface area (Å²) in [6.45, 7) is 0. The molecule has 2 aromatic heterocycles. The summed E-state index contributed by atoms with van der Waals surface area (Å²) in [6.07, 6.45) is 0. The fourth-order valence-electron chi connectivity index (χ4n) is 2.26. The Balaban J connectivity index is 1.73. The van der Waals surface area contributed by atoms with Gasteiger partial charge in [-0.2, -0.15) is 5.26 Å². The quantitative estimate of drug-likeness (QED) is 0.377. The van der Waals surface area contributed by atoms with Gasteiger partial charge in [0.1, 0.15) is 16.8 Å². The second-order valence-corrected chi connectivity index (χ2v) is 7.16. The number of pyridine rings is 1. The van der Waals surface area contributed by atoms with Crippen LogP contribution in [0.3, 0.4) is 0 Å². The van der Waals surface area contributed by atoms with Gasteiger partial charge in [0, 0.05) is 6.07 Å². The van der Waals surface area contributed by atoms with Gasteiger partial charge < -0.3 is 5.32 Å². The van der Waals surface area contributed by atoms with Gasteiger partial charge in [0.25, 0.3) is 5.69 Å². The van der Waals surface area contributed by atoms with E-state index in [0.29, 0.717) is 10.6 Å². The molecule has 0 radical (unpaired) electrons. The van der Waals surface area contributed by atoms with Crippen molar-refractivity contribution < 1.29 is 9.72 Å². The number of nitro benzene ring substituents is 1. The zero-order valence-electron chi connectivity index (χ0n) is 13.8. The molecule has 3 rings (SSSR count). The maximum absolute atomic E-state index is 12.2. The predicted octanol–water partition coefficient (Wildman–Crippen LogP) is 4.32. The van der Waals surface area contributed by atoms with E-state index in [0.717, 1.165) is 22.3 Å². The van der Waals surface area contributed by atoms with Gasteiger partial charge in [0.15, 0.2) is 0 Å². The number of hydrogen-bond acceptors (Lipinski definition) is 7. The highest BCUT2D eigenvalue weighted by Crippen LogP contribution is 2.28. The number of nitrogens with zero attached hydrogens (tertiary/aromatic N) is 3. The summed E-state index contributed by atoms with van der Waals surface area (Å²) >= 11 is 2.64. The van der Waals surface area contributed by atoms with Gasteiger partial charge in [-0.1, -0.05) is 30.0 Å². The number of thioether (sulfide) groups is 1. The summed E-state index contributed by atoms with van der Waals surface area (Å²) in [4.78, 5) is 28.1. The molecule has 1 N–H and O–H groups in total. The van der Waals surface area contributed by atoms with Gasteiger partial charge in [0.05, 0.1) is 26.8 Å². The van der Waals surface area contributed by atoms with Gasteiger partial charge in [-0.15, -0.1) is 11.3 Å². The van der Waals surface area contributed by atoms with Crippen LogP contribution < -0.4 is 5.32 Å². The Morgan fingerprint density at radius 2 is 2.07 bits per heavy atom. The Kier molecular flexibility index (Phi) is 5.80. The fraction of sp³-hybridized carbons (Fsp3) is 0.0556. The fourth-order valence-corrected chi connectivity index (χ4v) is 3.72. The molecule has 9 heteroatoms. The van der Waals surface area contributed by atoms with Crippen molar-refractivity contribution in [3.63, 3.8) is 0 Å². The topological polar surface area (TPSA) is 109 Å². The number of nitrogens with one attached hydrogen (secondary N) is 1. The van der Waals surface area contributed by atoms with Crippen LogP contribution >= 0.6 is 23.1 Å². The van der Waals surface area contributed by atoms with E-state index in [2.05, 4.69) is 16.4 Å². The van der Waals surface area contributed by atoms with E-state index in [1.807, 2.05) is 17.5 Å². The Morgan fingerprint density at radius 1 is 1.26 bits per heavy atom. The standard InChI is InChI=1S/C18H12N4O3S2/c19-10-12-7-8-14(16-6-3-9-26-16)21-18(12)27-11-17(23)20-13-4-1-2-5-15(13)22(24)25/h1-9H,11H2,(H,20,23). The van der Waals surface area contributed by atoms with Gasteiger partial charge in [-0.25, -0.2) is 4.98 Å². The van der Waals surface area contributed by atoms with E-state index in [1.54, 1.807) is 18.2 Å². The van der Waals surface area contributed by atoms with Gasteiger partial charge in [0.2, 0.25) is 5.91 Å². The molecule has 0 atom stereocenters. The molecule has 0 aliphatic carbocycles. The molecule has 0 aliphatic rings. The Morgan fingerprint density at radius 3 is 2.78 bits per heavy atom. The molecule has 0 saturated heterocycles. The average Bonchev–Trinajstić information content (AvgIpc) is 3.21. The highest BCUT2D eigenvalue weighted by molar-refractivity contribution is 8.00. The lowest BCUT2D eigenvalue weighted by molar-refractivity contribution is -0.383. The molecular formula is C18H12N4O3S2. The number of aromatic nitrogens is 1. The number of rotatable bonds is 6. The average molecular weight is 396 g/mol. The van der Waals surface area contributed by atoms with Crippen LogP contribution in [0.15, 0.2) is 58.9 Å². The molecule has 0 saturated carbocycles. The van der Waals surface area contributed by atoms with Crippen molar-refractivity contribution in [2.45, 2.75) is 5.03 Å². The van der Waals surface area contributed by atoms with Crippen LogP contribution in [0.4, 0.5) is 11.4 Å². The molecule has 1 amide bonds. The minimum Gasteiger partial charge on any atom is -0.320 e. The molecule has 2 heterocycles. The smallest absolute Gasteiger partial charge is 0.292 e. The SMILES string of the molecule is N#Cc1ccc(-c2cccs2)nc1SCC(=O)Nc1ccccc1[N+](=O)[O-]. The van der Waals surface area contributed by atoms with Crippen LogP contribution in [0.1, 0.15) is 5.56 Å². The molecule has 0 bridgehead atoms. The Labute approximate surface area is 162 Å². The van der Waals surface area contributed by atoms with Gasteiger partial charge in [-0.3, -0.25) is 14.9 Å². The van der Waals surface area contributed by atoms with Crippen molar-refractivity contribution in [2.75, 3.05) is 11.1 Å². The zero-order valence-corrected chi connectivity index (χ0v) is 15.4. The van der Waals surface area contributed by atoms with Crippen LogP contribution in [-0.2, 0) is 4.79 Å². The third-order valence-corrected chi connectivity index (χ3v) is 5.35. The number of amides is 1. The van der Waals surface area contributed by atoms with E-state index in [1.165, 1.54) is 29.5 Å². The number of hydrogen-bond donors (Lipinski definition) is 1. The van der Waals surface area contributed by atoms with Crippen molar-refractivity contribution in [3.8, 4) is 16.6 Å². The van der Waals surface area contributed by atoms with Crippen molar-refractivity contribution in [1.29, 1.82) is 5.26 Å². The molecule has 1 aromatic carbocycles. The molecule has 7 nitrogen and oxygen atoms in total. The first-order chi connectivity index (χ1) is 13.1. The van der Waals surface area contributed by atoms with E-state index < -0.39 is 10.8 Å². The lowest BCUT2D eigenvalue weighted by atomic mass is 10.2. The molecule has 0 fully saturated rings. The summed E-state index contributed by atoms with van der Waals surface area (Å²) in [7, 11) is 0. The third-order valence-electron chi connectivity index (χ3n) is 3.47. The summed E-state index contributed by atoms with van der Waals surface area (Å²) in [5.74, 6) is -0.441. The minimum atomic E-state index is -0.553. The first-order valence-electron chi connectivity index (χ1n) is 7.69. The maximum atomic E-state index is 12.2. The molecule has 0 unspecified atom stereocenters. The molecule has 27 heavy (non-hydrogen) atoms. The predicted molar refractivity (Wildman–Crippen MR) is 105 cm³/mol. The summed E-state index contributed by atoms with van der Waals surface area (Å²) in [5, 5.41) is 25.2.